The van der Waals surface area contributed by atoms with E-state index in [1.165, 1.54) is 30.3 Å². The molecule has 0 aliphatic heterocycles. The Morgan fingerprint density at radius 2 is 1.73 bits per heavy atom. The van der Waals surface area contributed by atoms with Gasteiger partial charge in [0.2, 0.25) is 0 Å². The molecule has 0 aliphatic rings. The SMILES string of the molecule is Cc1cc(NC(=O)c2ccc(S(C)(=O)=O)cc2)n(-c2cc(C(F)(F)F)ccc2Cl)n1. The number of alkyl halides is 3. The number of carbonyl (C=O) groups is 1. The Morgan fingerprint density at radius 3 is 2.30 bits per heavy atom. The molecule has 3 aromatic rings. The second kappa shape index (κ2) is 7.77. The zero-order valence-electron chi connectivity index (χ0n) is 15.7. The van der Waals surface area contributed by atoms with Crippen molar-refractivity contribution in [2.75, 3.05) is 11.6 Å². The highest BCUT2D eigenvalue weighted by Crippen LogP contribution is 2.34. The maximum atomic E-state index is 13.1. The van der Waals surface area contributed by atoms with Crippen LogP contribution < -0.4 is 5.32 Å². The van der Waals surface area contributed by atoms with Crippen molar-refractivity contribution < 1.29 is 26.4 Å². The lowest BCUT2D eigenvalue weighted by molar-refractivity contribution is -0.137. The monoisotopic (exact) mass is 457 g/mol. The van der Waals surface area contributed by atoms with Crippen LogP contribution in [0.2, 0.25) is 5.02 Å². The fourth-order valence-corrected chi connectivity index (χ4v) is 3.49. The average Bonchev–Trinajstić information content (AvgIpc) is 3.00. The number of hydrogen-bond donors (Lipinski definition) is 1. The van der Waals surface area contributed by atoms with Crippen LogP contribution in [0.15, 0.2) is 53.4 Å². The van der Waals surface area contributed by atoms with Crippen LogP contribution in [0.25, 0.3) is 5.69 Å². The minimum Gasteiger partial charge on any atom is -0.306 e. The zero-order valence-corrected chi connectivity index (χ0v) is 17.2. The van der Waals surface area contributed by atoms with Crippen molar-refractivity contribution in [3.63, 3.8) is 0 Å². The topological polar surface area (TPSA) is 81.1 Å². The van der Waals surface area contributed by atoms with E-state index in [0.29, 0.717) is 5.69 Å². The number of halogens is 4. The van der Waals surface area contributed by atoms with Crippen LogP contribution in [-0.4, -0.2) is 30.4 Å². The molecule has 0 spiro atoms. The summed E-state index contributed by atoms with van der Waals surface area (Å²) in [7, 11) is -3.42. The van der Waals surface area contributed by atoms with E-state index in [1.807, 2.05) is 0 Å². The Labute approximate surface area is 175 Å². The second-order valence-corrected chi connectivity index (χ2v) is 8.92. The van der Waals surface area contributed by atoms with Crippen LogP contribution in [0.5, 0.6) is 0 Å². The van der Waals surface area contributed by atoms with E-state index < -0.39 is 27.5 Å². The molecule has 1 heterocycles. The van der Waals surface area contributed by atoms with E-state index in [4.69, 9.17) is 11.6 Å². The van der Waals surface area contributed by atoms with Gasteiger partial charge in [-0.3, -0.25) is 4.79 Å². The lowest BCUT2D eigenvalue weighted by Gasteiger charge is -2.13. The Bertz CT molecular complexity index is 1220. The number of anilines is 1. The summed E-state index contributed by atoms with van der Waals surface area (Å²) in [6.45, 7) is 1.61. The summed E-state index contributed by atoms with van der Waals surface area (Å²) >= 11 is 6.08. The summed E-state index contributed by atoms with van der Waals surface area (Å²) in [5, 5.41) is 6.70. The van der Waals surface area contributed by atoms with Crippen LogP contribution in [0.4, 0.5) is 19.0 Å². The fourth-order valence-electron chi connectivity index (χ4n) is 2.67. The molecule has 158 valence electrons. The number of rotatable bonds is 4. The summed E-state index contributed by atoms with van der Waals surface area (Å²) in [6.07, 6.45) is -3.53. The van der Waals surface area contributed by atoms with E-state index >= 15 is 0 Å². The number of sulfone groups is 1. The van der Waals surface area contributed by atoms with Crippen LogP contribution >= 0.6 is 11.6 Å². The number of hydrogen-bond acceptors (Lipinski definition) is 4. The van der Waals surface area contributed by atoms with Crippen molar-refractivity contribution in [2.45, 2.75) is 18.0 Å². The summed E-state index contributed by atoms with van der Waals surface area (Å²) in [6, 6.07) is 9.50. The summed E-state index contributed by atoms with van der Waals surface area (Å²) in [5.74, 6) is -0.495. The molecular formula is C19H15ClF3N3O3S. The highest BCUT2D eigenvalue weighted by Gasteiger charge is 2.31. The van der Waals surface area contributed by atoms with E-state index in [2.05, 4.69) is 10.4 Å². The largest absolute Gasteiger partial charge is 0.416 e. The molecule has 1 amide bonds. The van der Waals surface area contributed by atoms with Gasteiger partial charge < -0.3 is 5.32 Å². The molecule has 0 fully saturated rings. The molecule has 0 radical (unpaired) electrons. The van der Waals surface area contributed by atoms with Crippen molar-refractivity contribution >= 4 is 33.2 Å². The predicted octanol–water partition coefficient (Wildman–Crippen LogP) is 4.51. The third-order valence-electron chi connectivity index (χ3n) is 4.12. The quantitative estimate of drug-likeness (QED) is 0.625. The molecule has 2 aromatic carbocycles. The maximum absolute atomic E-state index is 13.1. The molecule has 6 nitrogen and oxygen atoms in total. The number of nitrogens with one attached hydrogen (secondary N) is 1. The maximum Gasteiger partial charge on any atom is 0.416 e. The number of aromatic nitrogens is 2. The summed E-state index contributed by atoms with van der Waals surface area (Å²) in [4.78, 5) is 12.6. The standard InChI is InChI=1S/C19H15ClF3N3O3S/c1-11-9-17(24-18(27)12-3-6-14(7-4-12)30(2,28)29)26(25-11)16-10-13(19(21,22)23)5-8-15(16)20/h3-10H,1-2H3,(H,24,27). The highest BCUT2D eigenvalue weighted by atomic mass is 35.5. The van der Waals surface area contributed by atoms with Crippen LogP contribution in [0, 0.1) is 6.92 Å². The van der Waals surface area contributed by atoms with Crippen LogP contribution in [0.1, 0.15) is 21.6 Å². The number of aryl methyl sites for hydroxylation is 1. The molecule has 0 unspecified atom stereocenters. The van der Waals surface area contributed by atoms with Crippen molar-refractivity contribution in [1.82, 2.24) is 9.78 Å². The zero-order chi connectivity index (χ0) is 22.3. The normalized spacial score (nSPS) is 12.1. The Morgan fingerprint density at radius 1 is 1.10 bits per heavy atom. The summed E-state index contributed by atoms with van der Waals surface area (Å²) < 4.78 is 63.4. The van der Waals surface area contributed by atoms with E-state index in [-0.39, 0.29) is 27.0 Å². The fraction of sp³-hybridized carbons (Fsp3) is 0.158. The first-order chi connectivity index (χ1) is 13.9. The molecule has 1 N–H and O–H groups in total. The number of nitrogens with zero attached hydrogens (tertiary/aromatic N) is 2. The van der Waals surface area contributed by atoms with Gasteiger partial charge in [0.1, 0.15) is 5.82 Å². The average molecular weight is 458 g/mol. The van der Waals surface area contributed by atoms with E-state index in [0.717, 1.165) is 29.1 Å². The third kappa shape index (κ3) is 4.65. The molecule has 0 aliphatic carbocycles. The Kier molecular flexibility index (Phi) is 5.66. The van der Waals surface area contributed by atoms with Crippen molar-refractivity contribution in [1.29, 1.82) is 0 Å². The predicted molar refractivity (Wildman–Crippen MR) is 106 cm³/mol. The number of carbonyl (C=O) groups excluding carboxylic acids is 1. The first kappa shape index (κ1) is 21.8. The van der Waals surface area contributed by atoms with Gasteiger partial charge in [-0.05, 0) is 49.4 Å². The molecule has 30 heavy (non-hydrogen) atoms. The molecule has 1 aromatic heterocycles. The smallest absolute Gasteiger partial charge is 0.306 e. The van der Waals surface area contributed by atoms with Gasteiger partial charge in [0, 0.05) is 17.9 Å². The van der Waals surface area contributed by atoms with Gasteiger partial charge in [-0.25, -0.2) is 13.1 Å². The van der Waals surface area contributed by atoms with Crippen LogP contribution in [0.3, 0.4) is 0 Å². The highest BCUT2D eigenvalue weighted by molar-refractivity contribution is 7.90. The Balaban J connectivity index is 1.96. The van der Waals surface area contributed by atoms with Crippen molar-refractivity contribution in [2.24, 2.45) is 0 Å². The third-order valence-corrected chi connectivity index (χ3v) is 5.57. The molecule has 0 saturated heterocycles. The lowest BCUT2D eigenvalue weighted by atomic mass is 10.2. The van der Waals surface area contributed by atoms with Gasteiger partial charge in [0.05, 0.1) is 26.9 Å². The van der Waals surface area contributed by atoms with Gasteiger partial charge in [-0.1, -0.05) is 11.6 Å². The number of amides is 1. The minimum absolute atomic E-state index is 0.0131. The van der Waals surface area contributed by atoms with Gasteiger partial charge in [-0.2, -0.15) is 18.3 Å². The lowest BCUT2D eigenvalue weighted by Crippen LogP contribution is -2.16. The van der Waals surface area contributed by atoms with Crippen molar-refractivity contribution in [3.05, 3.63) is 70.4 Å². The first-order valence-electron chi connectivity index (χ1n) is 8.41. The number of benzene rings is 2. The molecular weight excluding hydrogens is 443 g/mol. The Hall–Kier alpha value is -2.85. The summed E-state index contributed by atoms with van der Waals surface area (Å²) in [5.41, 5.74) is -0.375. The van der Waals surface area contributed by atoms with Crippen LogP contribution in [-0.2, 0) is 16.0 Å². The van der Waals surface area contributed by atoms with Gasteiger partial charge in [-0.15, -0.1) is 0 Å². The molecule has 0 atom stereocenters. The molecule has 0 bridgehead atoms. The van der Waals surface area contributed by atoms with Gasteiger partial charge in [0.25, 0.3) is 5.91 Å². The molecule has 0 saturated carbocycles. The molecule has 11 heteroatoms. The van der Waals surface area contributed by atoms with E-state index in [1.54, 1.807) is 6.92 Å². The molecule has 3 rings (SSSR count). The van der Waals surface area contributed by atoms with Crippen molar-refractivity contribution in [3.8, 4) is 5.69 Å². The van der Waals surface area contributed by atoms with Gasteiger partial charge >= 0.3 is 6.18 Å². The van der Waals surface area contributed by atoms with E-state index in [9.17, 15) is 26.4 Å². The van der Waals surface area contributed by atoms with Gasteiger partial charge in [0.15, 0.2) is 9.84 Å². The second-order valence-electron chi connectivity index (χ2n) is 6.50. The first-order valence-corrected chi connectivity index (χ1v) is 10.7. The minimum atomic E-state index is -4.58.